The maximum Gasteiger partial charge on any atom is 2.00 e. The Kier molecular flexibility index (Phi) is 60.3. The number of hydrogen-bond donors (Lipinski definition) is 4. The van der Waals surface area contributed by atoms with Gasteiger partial charge >= 0.3 is 58.4 Å². The molecule has 22 nitrogen and oxygen atoms in total. The van der Waals surface area contributed by atoms with Crippen LogP contribution in [0.4, 0.5) is 0 Å². The van der Waals surface area contributed by atoms with Crippen molar-refractivity contribution in [3.63, 3.8) is 0 Å². The molecule has 0 aromatic rings. The van der Waals surface area contributed by atoms with Crippen molar-refractivity contribution in [2.45, 2.75) is 76.8 Å². The molecule has 4 N–H and O–H groups in total. The number of carbonyl (C=O) groups excluding carboxylic acids is 9. The smallest absolute Gasteiger partial charge is 0.550 e. The predicted molar refractivity (Wildman–Crippen MR) is 179 cm³/mol. The average molecular weight is 998 g/mol. The van der Waals surface area contributed by atoms with Crippen LogP contribution in [0, 0.1) is 0 Å². The van der Waals surface area contributed by atoms with Crippen LogP contribution >= 0.6 is 0 Å². The third-order valence-electron chi connectivity index (χ3n) is 4.74. The van der Waals surface area contributed by atoms with E-state index in [0.717, 1.165) is 0 Å². The van der Waals surface area contributed by atoms with Crippen molar-refractivity contribution in [1.82, 2.24) is 0 Å². The van der Waals surface area contributed by atoms with E-state index < -0.39 is 72.6 Å². The van der Waals surface area contributed by atoms with E-state index in [-0.39, 0.29) is 77.7 Å². The van der Waals surface area contributed by atoms with Gasteiger partial charge in [-0.2, -0.15) is 20.8 Å². The fraction of sp³-hybridized carbons (Fsp3) is 0.727. The minimum atomic E-state index is -2.97. The molecular weight excluding hydrogens is 939 g/mol. The van der Waals surface area contributed by atoms with Crippen molar-refractivity contribution in [3.05, 3.63) is 0 Å². The second-order valence-corrected chi connectivity index (χ2v) is 14.1. The molecule has 0 saturated heterocycles. The Hall–Kier alpha value is -2.58. The van der Waals surface area contributed by atoms with Crippen molar-refractivity contribution >= 4 is 54.7 Å². The largest absolute Gasteiger partial charge is 2.00 e. The van der Waals surface area contributed by atoms with Crippen molar-refractivity contribution < 1.29 is 166 Å². The number of nitrogens with zero attached hydrogens (tertiary/aromatic N) is 3. The van der Waals surface area contributed by atoms with Crippen molar-refractivity contribution in [1.29, 1.82) is 0 Å². The summed E-state index contributed by atoms with van der Waals surface area (Å²) in [5.41, 5.74) is -2.97. The van der Waals surface area contributed by atoms with Gasteiger partial charge in [0.15, 0.2) is 0 Å². The monoisotopic (exact) mass is 993 g/mol. The Morgan fingerprint density at radius 2 is 0.621 bits per heavy atom. The number of aliphatic carboxylic acids is 6. The van der Waals surface area contributed by atoms with Crippen LogP contribution in [0.15, 0.2) is 0 Å². The van der Waals surface area contributed by atoms with Crippen molar-refractivity contribution in [2.24, 2.45) is 0 Å². The maximum atomic E-state index is 10.1. The minimum absolute atomic E-state index is 0. The van der Waals surface area contributed by atoms with Gasteiger partial charge in [0.25, 0.3) is 0 Å². The zero-order valence-corrected chi connectivity index (χ0v) is 44.7. The number of carboxylic acids is 6. The molecular formula is C33H59N3O19Zn3. The number of carbonyl (C=O) groups is 6. The van der Waals surface area contributed by atoms with E-state index in [4.69, 9.17) is 34.8 Å². The molecule has 0 fully saturated rings. The molecule has 0 aliphatic carbocycles. The fourth-order valence-corrected chi connectivity index (χ4v) is 3.35. The molecule has 0 saturated carbocycles. The van der Waals surface area contributed by atoms with Crippen LogP contribution in [-0.2, 0) is 102 Å². The van der Waals surface area contributed by atoms with Gasteiger partial charge in [0.1, 0.15) is 43.5 Å². The number of quaternary nitrogens is 3. The summed E-state index contributed by atoms with van der Waals surface area (Å²) in [6, 6.07) is 0. The van der Waals surface area contributed by atoms with Gasteiger partial charge in [-0.05, 0) is 0 Å². The van der Waals surface area contributed by atoms with E-state index in [9.17, 15) is 59.4 Å². The van der Waals surface area contributed by atoms with Gasteiger partial charge in [0.05, 0.1) is 69.4 Å². The standard InChI is InChI=1S/3C7H15NO3.C6H8O7.3C2H3O.3Zn/c3*1-8(2,3)5-6(9)4-7(10)11;7-3(8)1-6(13,5(11)12)2-4(9)10;3*1-2-3;;;/h3*6,9H,4-5H2,1-3H3;13H,1-2H2,(H,7,8)(H,9,10)(H,11,12);3*1H3;;;/q;;;;3*-1;3*+2/p-3. The first kappa shape index (κ1) is 79.6. The van der Waals surface area contributed by atoms with Gasteiger partial charge in [-0.15, -0.1) is 0 Å². The van der Waals surface area contributed by atoms with Crippen LogP contribution in [0.3, 0.4) is 0 Å². The first-order valence-corrected chi connectivity index (χ1v) is 15.7. The quantitative estimate of drug-likeness (QED) is 0.0597. The molecule has 0 aromatic carbocycles. The van der Waals surface area contributed by atoms with Crippen LogP contribution in [0.5, 0.6) is 0 Å². The van der Waals surface area contributed by atoms with Gasteiger partial charge in [-0.25, -0.2) is 0 Å². The van der Waals surface area contributed by atoms with Crippen molar-refractivity contribution in [2.75, 3.05) is 83.1 Å². The normalized spacial score (nSPS) is 11.4. The molecule has 0 amide bonds. The summed E-state index contributed by atoms with van der Waals surface area (Å²) in [5, 5.41) is 96.3. The van der Waals surface area contributed by atoms with Gasteiger partial charge in [-0.3, -0.25) is 18.9 Å². The second-order valence-electron chi connectivity index (χ2n) is 14.1. The molecule has 0 spiro atoms. The van der Waals surface area contributed by atoms with Gasteiger partial charge in [0, 0.05) is 62.0 Å². The van der Waals surface area contributed by atoms with E-state index in [1.807, 2.05) is 63.4 Å². The molecule has 0 radical (unpaired) electrons. The number of aliphatic hydroxyl groups is 4. The molecule has 0 aliphatic heterocycles. The van der Waals surface area contributed by atoms with Gasteiger partial charge < -0.3 is 108 Å². The summed E-state index contributed by atoms with van der Waals surface area (Å²) in [6.07, 6.45) is -1.48. The molecule has 326 valence electrons. The number of hydrogen-bond acceptors (Lipinski definition) is 19. The third kappa shape index (κ3) is 89.8. The van der Waals surface area contributed by atoms with E-state index in [1.54, 1.807) is 0 Å². The van der Waals surface area contributed by atoms with Crippen LogP contribution in [0.2, 0.25) is 0 Å². The Balaban J connectivity index is -0.0000000608. The zero-order chi connectivity index (χ0) is 46.0. The van der Waals surface area contributed by atoms with Gasteiger partial charge in [-0.1, -0.05) is 0 Å². The summed E-state index contributed by atoms with van der Waals surface area (Å²) >= 11 is 0. The molecule has 25 heteroatoms. The molecule has 3 unspecified atom stereocenters. The summed E-state index contributed by atoms with van der Waals surface area (Å²) in [4.78, 5) is 86.1. The fourth-order valence-electron chi connectivity index (χ4n) is 3.35. The molecule has 0 aromatic heterocycles. The van der Waals surface area contributed by atoms with Crippen LogP contribution in [0.1, 0.15) is 52.9 Å². The second kappa shape index (κ2) is 44.0. The van der Waals surface area contributed by atoms with Gasteiger partial charge in [0.2, 0.25) is 0 Å². The number of carboxylic acid groups (broad SMARTS) is 6. The summed E-state index contributed by atoms with van der Waals surface area (Å²) in [6.45, 7) is 5.23. The Bertz CT molecular complexity index is 1020. The molecule has 58 heavy (non-hydrogen) atoms. The zero-order valence-electron chi connectivity index (χ0n) is 35.8. The molecule has 0 heterocycles. The minimum Gasteiger partial charge on any atom is -0.550 e. The molecule has 0 aliphatic rings. The summed E-state index contributed by atoms with van der Waals surface area (Å²) in [7, 11) is 17.0. The number of rotatable bonds is 17. The van der Waals surface area contributed by atoms with Crippen LogP contribution in [-0.4, -0.2) is 196 Å². The first-order chi connectivity index (χ1) is 24.5. The first-order valence-electron chi connectivity index (χ1n) is 15.7. The number of aliphatic hydroxyl groups excluding tert-OH is 3. The summed E-state index contributed by atoms with van der Waals surface area (Å²) < 4.78 is 1.65. The van der Waals surface area contributed by atoms with E-state index in [2.05, 4.69) is 0 Å². The van der Waals surface area contributed by atoms with Crippen LogP contribution < -0.4 is 30.6 Å². The molecule has 0 bridgehead atoms. The summed E-state index contributed by atoms with van der Waals surface area (Å²) in [5.74, 6) is -9.59. The third-order valence-corrected chi connectivity index (χ3v) is 4.74. The predicted octanol–water partition coefficient (Wildman–Crippen LogP) is -10.3. The molecule has 0 rings (SSSR count). The van der Waals surface area contributed by atoms with E-state index in [1.165, 1.54) is 39.6 Å². The Labute approximate surface area is 378 Å². The molecule has 3 atom stereocenters. The van der Waals surface area contributed by atoms with Crippen LogP contribution in [0.25, 0.3) is 0 Å². The Morgan fingerprint density at radius 1 is 0.466 bits per heavy atom. The SMILES string of the molecule is C[C-]=O.C[C-]=O.C[C-]=O.C[N+](C)(C)CC(O)CC(=O)[O-].C[N+](C)(C)CC(O)CC(=O)[O-].C[N+](C)(C)CC(O)CC(=O)[O-].O=C([O-])CC(O)(CC(=O)[O-])C(=O)[O-].[Zn+2].[Zn+2].[Zn+2]. The van der Waals surface area contributed by atoms with E-state index in [0.29, 0.717) is 33.1 Å². The Morgan fingerprint density at radius 3 is 0.707 bits per heavy atom. The number of likely N-dealkylation sites (N-methyl/N-ethyl adjacent to an activating group) is 3. The average Bonchev–Trinajstić information content (AvgIpc) is 2.85. The van der Waals surface area contributed by atoms with E-state index >= 15 is 0 Å². The van der Waals surface area contributed by atoms with Crippen molar-refractivity contribution in [3.8, 4) is 0 Å². The maximum absolute atomic E-state index is 10.1. The topological polar surface area (TPSA) is 373 Å².